The molecule has 0 aliphatic rings. The molecule has 0 aliphatic heterocycles. The van der Waals surface area contributed by atoms with E-state index in [0.717, 1.165) is 6.42 Å². The van der Waals surface area contributed by atoms with Crippen molar-refractivity contribution in [2.45, 2.75) is 46.6 Å². The SMILES string of the molecule is Cc1ccc(NC(=O)CCOC(C)CC(C)C)cc1C(=O)O. The van der Waals surface area contributed by atoms with Gasteiger partial charge in [-0.15, -0.1) is 0 Å². The molecule has 0 saturated heterocycles. The highest BCUT2D eigenvalue weighted by Gasteiger charge is 2.10. The van der Waals surface area contributed by atoms with Gasteiger partial charge < -0.3 is 15.2 Å². The lowest BCUT2D eigenvalue weighted by Crippen LogP contribution is -2.18. The molecular weight excluding hydrogens is 282 g/mol. The van der Waals surface area contributed by atoms with E-state index in [1.54, 1.807) is 19.1 Å². The molecule has 1 rings (SSSR count). The van der Waals surface area contributed by atoms with Gasteiger partial charge in [0, 0.05) is 5.69 Å². The molecule has 0 saturated carbocycles. The minimum absolute atomic E-state index is 0.130. The van der Waals surface area contributed by atoms with Gasteiger partial charge in [-0.05, 0) is 43.9 Å². The second kappa shape index (κ2) is 8.54. The summed E-state index contributed by atoms with van der Waals surface area (Å²) in [5.74, 6) is -0.623. The van der Waals surface area contributed by atoms with Gasteiger partial charge in [-0.2, -0.15) is 0 Å². The molecular formula is C17H25NO4. The highest BCUT2D eigenvalue weighted by molar-refractivity contribution is 5.94. The fourth-order valence-corrected chi connectivity index (χ4v) is 2.24. The first-order valence-electron chi connectivity index (χ1n) is 7.55. The number of nitrogens with one attached hydrogen (secondary N) is 1. The standard InChI is InChI=1S/C17H25NO4/c1-11(2)9-13(4)22-8-7-16(19)18-14-6-5-12(3)15(10-14)17(20)21/h5-6,10-11,13H,7-9H2,1-4H3,(H,18,19)(H,20,21). The number of rotatable bonds is 8. The lowest BCUT2D eigenvalue weighted by atomic mass is 10.1. The zero-order chi connectivity index (χ0) is 16.7. The summed E-state index contributed by atoms with van der Waals surface area (Å²) < 4.78 is 5.59. The smallest absolute Gasteiger partial charge is 0.336 e. The van der Waals surface area contributed by atoms with Crippen LogP contribution in [0.1, 0.15) is 49.5 Å². The third kappa shape index (κ3) is 6.26. The van der Waals surface area contributed by atoms with Crippen molar-refractivity contribution in [2.24, 2.45) is 5.92 Å². The van der Waals surface area contributed by atoms with Gasteiger partial charge in [0.15, 0.2) is 0 Å². The van der Waals surface area contributed by atoms with Gasteiger partial charge in [0.2, 0.25) is 5.91 Å². The lowest BCUT2D eigenvalue weighted by molar-refractivity contribution is -0.117. The van der Waals surface area contributed by atoms with Crippen LogP contribution in [0, 0.1) is 12.8 Å². The van der Waals surface area contributed by atoms with Crippen molar-refractivity contribution in [3.05, 3.63) is 29.3 Å². The largest absolute Gasteiger partial charge is 0.478 e. The van der Waals surface area contributed by atoms with E-state index in [4.69, 9.17) is 9.84 Å². The highest BCUT2D eigenvalue weighted by atomic mass is 16.5. The summed E-state index contributed by atoms with van der Waals surface area (Å²) in [6, 6.07) is 4.85. The zero-order valence-electron chi connectivity index (χ0n) is 13.7. The van der Waals surface area contributed by atoms with Crippen LogP contribution >= 0.6 is 0 Å². The molecule has 0 spiro atoms. The van der Waals surface area contributed by atoms with Gasteiger partial charge in [0.05, 0.1) is 24.7 Å². The summed E-state index contributed by atoms with van der Waals surface area (Å²) in [4.78, 5) is 22.9. The molecule has 0 heterocycles. The average Bonchev–Trinajstić information content (AvgIpc) is 2.39. The van der Waals surface area contributed by atoms with Crippen LogP contribution in [-0.4, -0.2) is 29.7 Å². The van der Waals surface area contributed by atoms with Gasteiger partial charge in [0.25, 0.3) is 0 Å². The molecule has 1 aromatic carbocycles. The fourth-order valence-electron chi connectivity index (χ4n) is 2.24. The number of carboxylic acids is 1. The molecule has 0 bridgehead atoms. The van der Waals surface area contributed by atoms with Gasteiger partial charge in [-0.3, -0.25) is 4.79 Å². The number of aryl methyl sites for hydroxylation is 1. The Hall–Kier alpha value is -1.88. The number of hydrogen-bond donors (Lipinski definition) is 2. The van der Waals surface area contributed by atoms with Gasteiger partial charge >= 0.3 is 5.97 Å². The predicted octanol–water partition coefficient (Wildman–Crippen LogP) is 3.47. The van der Waals surface area contributed by atoms with Crippen LogP contribution in [-0.2, 0) is 9.53 Å². The minimum atomic E-state index is -1.00. The summed E-state index contributed by atoms with van der Waals surface area (Å²) in [7, 11) is 0. The summed E-state index contributed by atoms with van der Waals surface area (Å²) >= 11 is 0. The van der Waals surface area contributed by atoms with Crippen LogP contribution < -0.4 is 5.32 Å². The molecule has 5 nitrogen and oxygen atoms in total. The molecule has 2 N–H and O–H groups in total. The van der Waals surface area contributed by atoms with Gasteiger partial charge in [-0.25, -0.2) is 4.79 Å². The second-order valence-electron chi connectivity index (χ2n) is 5.94. The molecule has 0 radical (unpaired) electrons. The van der Waals surface area contributed by atoms with E-state index in [2.05, 4.69) is 19.2 Å². The molecule has 5 heteroatoms. The van der Waals surface area contributed by atoms with E-state index >= 15 is 0 Å². The van der Waals surface area contributed by atoms with Gasteiger partial charge in [-0.1, -0.05) is 19.9 Å². The lowest BCUT2D eigenvalue weighted by Gasteiger charge is -2.15. The molecule has 1 atom stereocenters. The zero-order valence-corrected chi connectivity index (χ0v) is 13.7. The Kier molecular flexibility index (Phi) is 7.05. The Morgan fingerprint density at radius 3 is 2.55 bits per heavy atom. The summed E-state index contributed by atoms with van der Waals surface area (Å²) in [6.07, 6.45) is 1.34. The van der Waals surface area contributed by atoms with Crippen molar-refractivity contribution in [2.75, 3.05) is 11.9 Å². The Balaban J connectivity index is 2.45. The molecule has 0 aliphatic carbocycles. The van der Waals surface area contributed by atoms with Crippen molar-refractivity contribution in [1.29, 1.82) is 0 Å². The average molecular weight is 307 g/mol. The highest BCUT2D eigenvalue weighted by Crippen LogP contribution is 2.15. The van der Waals surface area contributed by atoms with Crippen LogP contribution in [0.4, 0.5) is 5.69 Å². The third-order valence-electron chi connectivity index (χ3n) is 3.29. The van der Waals surface area contributed by atoms with Gasteiger partial charge in [0.1, 0.15) is 0 Å². The van der Waals surface area contributed by atoms with Crippen LogP contribution in [0.15, 0.2) is 18.2 Å². The number of benzene rings is 1. The minimum Gasteiger partial charge on any atom is -0.478 e. The normalized spacial score (nSPS) is 12.2. The molecule has 1 unspecified atom stereocenters. The molecule has 122 valence electrons. The molecule has 1 aromatic rings. The topological polar surface area (TPSA) is 75.6 Å². The summed E-state index contributed by atoms with van der Waals surface area (Å²) in [6.45, 7) is 8.33. The third-order valence-corrected chi connectivity index (χ3v) is 3.29. The quantitative estimate of drug-likeness (QED) is 0.771. The van der Waals surface area contributed by atoms with E-state index in [0.29, 0.717) is 23.8 Å². The first-order valence-corrected chi connectivity index (χ1v) is 7.55. The summed E-state index contributed by atoms with van der Waals surface area (Å²) in [5.41, 5.74) is 1.35. The maximum absolute atomic E-state index is 11.8. The molecule has 0 aromatic heterocycles. The second-order valence-corrected chi connectivity index (χ2v) is 5.94. The van der Waals surface area contributed by atoms with Crippen molar-refractivity contribution in [1.82, 2.24) is 0 Å². The number of carbonyl (C=O) groups is 2. The van der Waals surface area contributed by atoms with Crippen molar-refractivity contribution < 1.29 is 19.4 Å². The number of amides is 1. The maximum atomic E-state index is 11.8. The summed E-state index contributed by atoms with van der Waals surface area (Å²) in [5, 5.41) is 11.8. The number of anilines is 1. The first kappa shape index (κ1) is 18.2. The fraction of sp³-hybridized carbons (Fsp3) is 0.529. The Morgan fingerprint density at radius 1 is 1.27 bits per heavy atom. The first-order chi connectivity index (χ1) is 10.3. The molecule has 1 amide bonds. The van der Waals surface area contributed by atoms with E-state index in [9.17, 15) is 9.59 Å². The van der Waals surface area contributed by atoms with E-state index in [1.165, 1.54) is 6.07 Å². The van der Waals surface area contributed by atoms with Crippen molar-refractivity contribution >= 4 is 17.6 Å². The number of carbonyl (C=O) groups excluding carboxylic acids is 1. The number of hydrogen-bond acceptors (Lipinski definition) is 3. The monoisotopic (exact) mass is 307 g/mol. The number of aromatic carboxylic acids is 1. The van der Waals surface area contributed by atoms with Crippen molar-refractivity contribution in [3.8, 4) is 0 Å². The van der Waals surface area contributed by atoms with Crippen LogP contribution in [0.3, 0.4) is 0 Å². The Bertz CT molecular complexity index is 525. The number of ether oxygens (including phenoxy) is 1. The van der Waals surface area contributed by atoms with Crippen molar-refractivity contribution in [3.63, 3.8) is 0 Å². The Morgan fingerprint density at radius 2 is 1.95 bits per heavy atom. The molecule has 0 fully saturated rings. The van der Waals surface area contributed by atoms with Crippen LogP contribution in [0.2, 0.25) is 0 Å². The van der Waals surface area contributed by atoms with Crippen LogP contribution in [0.5, 0.6) is 0 Å². The molecule has 22 heavy (non-hydrogen) atoms. The maximum Gasteiger partial charge on any atom is 0.336 e. The predicted molar refractivity (Wildman–Crippen MR) is 86.3 cm³/mol. The van der Waals surface area contributed by atoms with Crippen LogP contribution in [0.25, 0.3) is 0 Å². The number of carboxylic acid groups (broad SMARTS) is 1. The Labute approximate surface area is 131 Å². The van der Waals surface area contributed by atoms with E-state index in [1.807, 2.05) is 6.92 Å². The van der Waals surface area contributed by atoms with E-state index < -0.39 is 5.97 Å². The van der Waals surface area contributed by atoms with E-state index in [-0.39, 0.29) is 24.0 Å².